The van der Waals surface area contributed by atoms with E-state index in [-0.39, 0.29) is 24.3 Å². The molecule has 5 rings (SSSR count). The normalized spacial score (nSPS) is 26.6. The first-order chi connectivity index (χ1) is 12.3. The van der Waals surface area contributed by atoms with E-state index < -0.39 is 0 Å². The monoisotopic (exact) mass is 355 g/mol. The summed E-state index contributed by atoms with van der Waals surface area (Å²) in [5, 5.41) is 3.20. The number of aromatic nitrogens is 1. The lowest BCUT2D eigenvalue weighted by molar-refractivity contribution is 0.103. The number of amides is 1. The fourth-order valence-corrected chi connectivity index (χ4v) is 5.19. The second-order valence-corrected chi connectivity index (χ2v) is 8.09. The van der Waals surface area contributed by atoms with Crippen molar-refractivity contribution in [3.8, 4) is 0 Å². The zero-order valence-electron chi connectivity index (χ0n) is 14.0. The Bertz CT molecular complexity index is 771. The quantitative estimate of drug-likeness (QED) is 0.848. The average molecular weight is 355 g/mol. The molecule has 1 aromatic carbocycles. The molecule has 0 saturated carbocycles. The fraction of sp³-hybridized carbons (Fsp3) is 0.474. The second kappa shape index (κ2) is 6.11. The third kappa shape index (κ3) is 2.64. The van der Waals surface area contributed by atoms with Crippen LogP contribution in [0.2, 0.25) is 0 Å². The van der Waals surface area contributed by atoms with Crippen molar-refractivity contribution in [2.45, 2.75) is 44.0 Å². The molecule has 3 heterocycles. The molecule has 25 heavy (non-hydrogen) atoms. The molecular weight excluding hydrogens is 334 g/mol. The highest BCUT2D eigenvalue weighted by Gasteiger charge is 2.50. The van der Waals surface area contributed by atoms with Gasteiger partial charge in [-0.1, -0.05) is 24.3 Å². The van der Waals surface area contributed by atoms with Crippen LogP contribution in [0.15, 0.2) is 35.8 Å². The molecule has 0 bridgehead atoms. The third-order valence-corrected chi connectivity index (χ3v) is 6.47. The van der Waals surface area contributed by atoms with Crippen molar-refractivity contribution in [3.63, 3.8) is 0 Å². The Balaban J connectivity index is 1.30. The first kappa shape index (κ1) is 15.3. The number of carbonyl (C=O) groups excluding carboxylic acids is 1. The van der Waals surface area contributed by atoms with E-state index in [9.17, 15) is 4.79 Å². The minimum Gasteiger partial charge on any atom is -0.443 e. The molecule has 2 atom stereocenters. The zero-order valence-corrected chi connectivity index (χ0v) is 14.8. The van der Waals surface area contributed by atoms with E-state index in [1.807, 2.05) is 16.5 Å². The number of rotatable bonds is 3. The Morgan fingerprint density at radius 3 is 2.88 bits per heavy atom. The molecule has 5 nitrogen and oxygen atoms in total. The summed E-state index contributed by atoms with van der Waals surface area (Å²) in [4.78, 5) is 21.4. The lowest BCUT2D eigenvalue weighted by Gasteiger charge is -2.37. The number of nitrogens with zero attached hydrogens (tertiary/aromatic N) is 3. The summed E-state index contributed by atoms with van der Waals surface area (Å²) in [5.41, 5.74) is 2.61. The first-order valence-electron chi connectivity index (χ1n) is 8.97. The van der Waals surface area contributed by atoms with Gasteiger partial charge in [0.05, 0.1) is 12.6 Å². The summed E-state index contributed by atoms with van der Waals surface area (Å²) in [7, 11) is 0. The highest BCUT2D eigenvalue weighted by molar-refractivity contribution is 7.09. The van der Waals surface area contributed by atoms with Crippen LogP contribution < -0.4 is 0 Å². The maximum atomic E-state index is 12.5. The minimum absolute atomic E-state index is 0.00162. The number of thiazole rings is 1. The van der Waals surface area contributed by atoms with Gasteiger partial charge in [-0.25, -0.2) is 9.78 Å². The van der Waals surface area contributed by atoms with E-state index in [1.54, 1.807) is 11.3 Å². The van der Waals surface area contributed by atoms with Gasteiger partial charge in [0.1, 0.15) is 11.1 Å². The second-order valence-electron chi connectivity index (χ2n) is 7.11. The summed E-state index contributed by atoms with van der Waals surface area (Å²) in [6, 6.07) is 8.85. The number of ether oxygens (including phenoxy) is 1. The Labute approximate surface area is 151 Å². The Morgan fingerprint density at radius 1 is 1.24 bits per heavy atom. The van der Waals surface area contributed by atoms with Crippen molar-refractivity contribution in [2.75, 3.05) is 13.1 Å². The lowest BCUT2D eigenvalue weighted by atomic mass is 9.99. The minimum atomic E-state index is -0.122. The molecule has 2 saturated heterocycles. The molecule has 6 heteroatoms. The van der Waals surface area contributed by atoms with Crippen LogP contribution in [0.4, 0.5) is 4.79 Å². The molecule has 130 valence electrons. The third-order valence-electron chi connectivity index (χ3n) is 5.70. The number of piperidine rings is 1. The van der Waals surface area contributed by atoms with Crippen molar-refractivity contribution in [1.82, 2.24) is 14.8 Å². The molecule has 0 unspecified atom stereocenters. The van der Waals surface area contributed by atoms with Crippen molar-refractivity contribution in [1.29, 1.82) is 0 Å². The van der Waals surface area contributed by atoms with Crippen molar-refractivity contribution in [3.05, 3.63) is 52.0 Å². The summed E-state index contributed by atoms with van der Waals surface area (Å²) in [6.45, 7) is 2.93. The number of benzene rings is 1. The Hall–Kier alpha value is -1.92. The van der Waals surface area contributed by atoms with Crippen LogP contribution in [0.1, 0.15) is 35.0 Å². The van der Waals surface area contributed by atoms with E-state index in [0.717, 1.165) is 38.9 Å². The first-order valence-corrected chi connectivity index (χ1v) is 9.85. The maximum absolute atomic E-state index is 12.5. The molecule has 0 spiro atoms. The highest BCUT2D eigenvalue weighted by atomic mass is 32.1. The molecule has 0 N–H and O–H groups in total. The van der Waals surface area contributed by atoms with E-state index in [1.165, 1.54) is 16.1 Å². The number of fused-ring (bicyclic) bond motifs is 3. The van der Waals surface area contributed by atoms with Gasteiger partial charge < -0.3 is 4.74 Å². The Morgan fingerprint density at radius 2 is 2.08 bits per heavy atom. The summed E-state index contributed by atoms with van der Waals surface area (Å²) in [5.74, 6) is 0. The summed E-state index contributed by atoms with van der Waals surface area (Å²) >= 11 is 1.71. The van der Waals surface area contributed by atoms with E-state index in [4.69, 9.17) is 4.74 Å². The maximum Gasteiger partial charge on any atom is 0.411 e. The van der Waals surface area contributed by atoms with Gasteiger partial charge in [-0.05, 0) is 24.0 Å². The van der Waals surface area contributed by atoms with Crippen LogP contribution in [0.25, 0.3) is 0 Å². The van der Waals surface area contributed by atoms with Crippen molar-refractivity contribution >= 4 is 17.4 Å². The fourth-order valence-electron chi connectivity index (χ4n) is 4.53. The van der Waals surface area contributed by atoms with Crippen LogP contribution in [0.3, 0.4) is 0 Å². The van der Waals surface area contributed by atoms with Gasteiger partial charge in [0, 0.05) is 37.1 Å². The number of hydrogen-bond acceptors (Lipinski definition) is 5. The lowest BCUT2D eigenvalue weighted by Crippen LogP contribution is -2.46. The van der Waals surface area contributed by atoms with Crippen LogP contribution in [0.5, 0.6) is 0 Å². The number of likely N-dealkylation sites (tertiary alicyclic amines) is 1. The molecule has 2 fully saturated rings. The largest absolute Gasteiger partial charge is 0.443 e. The molecular formula is C19H21N3O2S. The van der Waals surface area contributed by atoms with Crippen molar-refractivity contribution in [2.24, 2.45) is 0 Å². The molecule has 1 aliphatic carbocycles. The summed E-state index contributed by atoms with van der Waals surface area (Å²) < 4.78 is 5.71. The van der Waals surface area contributed by atoms with Crippen LogP contribution in [-0.2, 0) is 17.7 Å². The highest BCUT2D eigenvalue weighted by Crippen LogP contribution is 2.44. The SMILES string of the molecule is O=C1O[C@@H]2Cc3ccccc3[C@@H]2N1C1CCN(Cc2nccs2)CC1. The molecule has 3 aliphatic rings. The van der Waals surface area contributed by atoms with E-state index in [2.05, 4.69) is 34.1 Å². The molecule has 1 amide bonds. The average Bonchev–Trinajstić information content (AvgIpc) is 3.31. The number of hydrogen-bond donors (Lipinski definition) is 0. The van der Waals surface area contributed by atoms with E-state index >= 15 is 0 Å². The van der Waals surface area contributed by atoms with Crippen LogP contribution in [0, 0.1) is 0 Å². The van der Waals surface area contributed by atoms with Crippen LogP contribution in [-0.4, -0.2) is 46.1 Å². The molecule has 1 aromatic heterocycles. The predicted molar refractivity (Wildman–Crippen MR) is 95.4 cm³/mol. The topological polar surface area (TPSA) is 45.7 Å². The van der Waals surface area contributed by atoms with Gasteiger partial charge in [-0.3, -0.25) is 9.80 Å². The smallest absolute Gasteiger partial charge is 0.411 e. The van der Waals surface area contributed by atoms with Crippen molar-refractivity contribution < 1.29 is 9.53 Å². The van der Waals surface area contributed by atoms with Gasteiger partial charge >= 0.3 is 6.09 Å². The predicted octanol–water partition coefficient (Wildman–Crippen LogP) is 3.23. The molecule has 2 aliphatic heterocycles. The van der Waals surface area contributed by atoms with Gasteiger partial charge in [-0.15, -0.1) is 11.3 Å². The van der Waals surface area contributed by atoms with Gasteiger partial charge in [0.25, 0.3) is 0 Å². The standard InChI is InChI=1S/C19H21N3O2S/c23-19-22(18-15-4-2-1-3-13(15)11-16(18)24-19)14-5-8-21(9-6-14)12-17-20-7-10-25-17/h1-4,7,10,14,16,18H,5-6,8-9,11-12H2/t16-,18+/m1/s1. The molecule has 2 aromatic rings. The van der Waals surface area contributed by atoms with Gasteiger partial charge in [0.2, 0.25) is 0 Å². The Kier molecular flexibility index (Phi) is 3.75. The van der Waals surface area contributed by atoms with Gasteiger partial charge in [0.15, 0.2) is 0 Å². The van der Waals surface area contributed by atoms with Gasteiger partial charge in [-0.2, -0.15) is 0 Å². The number of carbonyl (C=O) groups is 1. The van der Waals surface area contributed by atoms with E-state index in [0.29, 0.717) is 0 Å². The zero-order chi connectivity index (χ0) is 16.8. The molecule has 0 radical (unpaired) electrons. The summed E-state index contributed by atoms with van der Waals surface area (Å²) in [6.07, 6.45) is 4.61. The van der Waals surface area contributed by atoms with Crippen LogP contribution >= 0.6 is 11.3 Å².